The molecule has 4 heteroatoms. The number of fused-ring (bicyclic) bond motifs is 1. The molecule has 3 rings (SSSR count). The molecule has 0 atom stereocenters. The number of halogens is 2. The van der Waals surface area contributed by atoms with Crippen LogP contribution in [0.5, 0.6) is 0 Å². The van der Waals surface area contributed by atoms with Crippen molar-refractivity contribution in [2.45, 2.75) is 13.1 Å². The molecule has 2 nitrogen and oxygen atoms in total. The first-order valence-electron chi connectivity index (χ1n) is 6.34. The fourth-order valence-electron chi connectivity index (χ4n) is 2.18. The van der Waals surface area contributed by atoms with Crippen molar-refractivity contribution in [3.63, 3.8) is 0 Å². The quantitative estimate of drug-likeness (QED) is 0.777. The van der Waals surface area contributed by atoms with E-state index >= 15 is 0 Å². The Balaban J connectivity index is 1.69. The van der Waals surface area contributed by atoms with Crippen LogP contribution in [-0.4, -0.2) is 0 Å². The normalized spacial score (nSPS) is 11.1. The molecule has 3 aromatic rings. The number of hydrogen-bond acceptors (Lipinski definition) is 2. The van der Waals surface area contributed by atoms with Crippen molar-refractivity contribution >= 4 is 11.0 Å². The maximum Gasteiger partial charge on any atom is 0.134 e. The van der Waals surface area contributed by atoms with E-state index in [2.05, 4.69) is 5.32 Å². The van der Waals surface area contributed by atoms with Gasteiger partial charge >= 0.3 is 0 Å². The molecule has 0 aliphatic carbocycles. The van der Waals surface area contributed by atoms with E-state index in [0.717, 1.165) is 28.7 Å². The molecule has 0 saturated heterocycles. The van der Waals surface area contributed by atoms with Gasteiger partial charge in [0.1, 0.15) is 17.2 Å². The lowest BCUT2D eigenvalue weighted by Gasteiger charge is -2.05. The van der Waals surface area contributed by atoms with Crippen molar-refractivity contribution in [1.82, 2.24) is 5.32 Å². The summed E-state index contributed by atoms with van der Waals surface area (Å²) >= 11 is 0. The fourth-order valence-corrected chi connectivity index (χ4v) is 2.18. The number of hydrogen-bond donors (Lipinski definition) is 1. The zero-order valence-electron chi connectivity index (χ0n) is 10.7. The molecule has 0 saturated carbocycles. The third-order valence-corrected chi connectivity index (χ3v) is 3.20. The lowest BCUT2D eigenvalue weighted by molar-refractivity contribution is 0.565. The molecule has 0 fully saturated rings. The first-order chi connectivity index (χ1) is 9.74. The minimum absolute atomic E-state index is 0.267. The Morgan fingerprint density at radius 2 is 1.75 bits per heavy atom. The van der Waals surface area contributed by atoms with Crippen molar-refractivity contribution in [3.8, 4) is 0 Å². The van der Waals surface area contributed by atoms with Crippen molar-refractivity contribution in [2.24, 2.45) is 0 Å². The summed E-state index contributed by atoms with van der Waals surface area (Å²) in [4.78, 5) is 0. The van der Waals surface area contributed by atoms with E-state index in [1.54, 1.807) is 6.26 Å². The van der Waals surface area contributed by atoms with Crippen LogP contribution < -0.4 is 5.32 Å². The molecule has 20 heavy (non-hydrogen) atoms. The predicted molar refractivity (Wildman–Crippen MR) is 73.1 cm³/mol. The van der Waals surface area contributed by atoms with Gasteiger partial charge in [0.2, 0.25) is 0 Å². The Morgan fingerprint density at radius 1 is 0.950 bits per heavy atom. The summed E-state index contributed by atoms with van der Waals surface area (Å²) < 4.78 is 31.9. The molecule has 0 aliphatic rings. The first kappa shape index (κ1) is 12.8. The van der Waals surface area contributed by atoms with Gasteiger partial charge in [0.05, 0.1) is 6.26 Å². The highest BCUT2D eigenvalue weighted by Crippen LogP contribution is 2.20. The number of benzene rings is 2. The van der Waals surface area contributed by atoms with Gasteiger partial charge in [-0.3, -0.25) is 0 Å². The molecular weight excluding hydrogens is 260 g/mol. The molecule has 1 N–H and O–H groups in total. The highest BCUT2D eigenvalue weighted by molar-refractivity contribution is 5.80. The SMILES string of the molecule is Fc1ccc(F)c(CNCc2coc3ccccc23)c1. The van der Waals surface area contributed by atoms with Gasteiger partial charge in [0.15, 0.2) is 0 Å². The monoisotopic (exact) mass is 273 g/mol. The van der Waals surface area contributed by atoms with Gasteiger partial charge in [0, 0.05) is 29.6 Å². The van der Waals surface area contributed by atoms with Gasteiger partial charge in [-0.25, -0.2) is 8.78 Å². The topological polar surface area (TPSA) is 25.2 Å². The van der Waals surface area contributed by atoms with E-state index in [0.29, 0.717) is 12.1 Å². The smallest absolute Gasteiger partial charge is 0.134 e. The minimum atomic E-state index is -0.433. The average molecular weight is 273 g/mol. The Hall–Kier alpha value is -2.20. The van der Waals surface area contributed by atoms with Gasteiger partial charge in [0.25, 0.3) is 0 Å². The van der Waals surface area contributed by atoms with E-state index in [-0.39, 0.29) is 6.54 Å². The summed E-state index contributed by atoms with van der Waals surface area (Å²) in [5, 5.41) is 4.13. The molecule has 0 bridgehead atoms. The molecule has 2 aromatic carbocycles. The average Bonchev–Trinajstić information content (AvgIpc) is 2.86. The fraction of sp³-hybridized carbons (Fsp3) is 0.125. The Bertz CT molecular complexity index is 736. The Morgan fingerprint density at radius 3 is 2.65 bits per heavy atom. The van der Waals surface area contributed by atoms with Crippen molar-refractivity contribution < 1.29 is 13.2 Å². The number of nitrogens with one attached hydrogen (secondary N) is 1. The lowest BCUT2D eigenvalue weighted by Crippen LogP contribution is -2.13. The summed E-state index contributed by atoms with van der Waals surface area (Å²) in [6.07, 6.45) is 1.68. The standard InChI is InChI=1S/C16H13F2NO/c17-13-5-6-15(18)11(7-13)8-19-9-12-10-20-16-4-2-1-3-14(12)16/h1-7,10,19H,8-9H2. The number of para-hydroxylation sites is 1. The molecule has 0 aliphatic heterocycles. The molecule has 0 amide bonds. The molecule has 0 radical (unpaired) electrons. The first-order valence-corrected chi connectivity index (χ1v) is 6.34. The van der Waals surface area contributed by atoms with E-state index in [1.165, 1.54) is 6.07 Å². The maximum atomic E-state index is 13.5. The molecule has 0 unspecified atom stereocenters. The van der Waals surface area contributed by atoms with E-state index in [4.69, 9.17) is 4.42 Å². The van der Waals surface area contributed by atoms with Gasteiger partial charge in [-0.15, -0.1) is 0 Å². The highest BCUT2D eigenvalue weighted by atomic mass is 19.1. The largest absolute Gasteiger partial charge is 0.464 e. The van der Waals surface area contributed by atoms with Gasteiger partial charge in [-0.05, 0) is 24.3 Å². The second-order valence-electron chi connectivity index (χ2n) is 4.60. The Kier molecular flexibility index (Phi) is 3.48. The number of rotatable bonds is 4. The molecule has 102 valence electrons. The highest BCUT2D eigenvalue weighted by Gasteiger charge is 2.06. The molecule has 0 spiro atoms. The van der Waals surface area contributed by atoms with Gasteiger partial charge < -0.3 is 9.73 Å². The van der Waals surface area contributed by atoms with Crippen LogP contribution in [-0.2, 0) is 13.1 Å². The molecule has 1 aromatic heterocycles. The summed E-state index contributed by atoms with van der Waals surface area (Å²) in [5.41, 5.74) is 2.14. The summed E-state index contributed by atoms with van der Waals surface area (Å²) in [6.45, 7) is 0.802. The molecular formula is C16H13F2NO. The van der Waals surface area contributed by atoms with Gasteiger partial charge in [-0.1, -0.05) is 18.2 Å². The van der Waals surface area contributed by atoms with Crippen molar-refractivity contribution in [2.75, 3.05) is 0 Å². The summed E-state index contributed by atoms with van der Waals surface area (Å²) in [5.74, 6) is -0.840. The van der Waals surface area contributed by atoms with Crippen LogP contribution in [0, 0.1) is 11.6 Å². The van der Waals surface area contributed by atoms with Crippen LogP contribution in [0.2, 0.25) is 0 Å². The zero-order chi connectivity index (χ0) is 13.9. The van der Waals surface area contributed by atoms with Crippen LogP contribution >= 0.6 is 0 Å². The number of furan rings is 1. The van der Waals surface area contributed by atoms with Crippen LogP contribution in [0.1, 0.15) is 11.1 Å². The summed E-state index contributed by atoms with van der Waals surface area (Å²) in [7, 11) is 0. The second-order valence-corrected chi connectivity index (χ2v) is 4.60. The zero-order valence-corrected chi connectivity index (χ0v) is 10.7. The third kappa shape index (κ3) is 2.56. The minimum Gasteiger partial charge on any atom is -0.464 e. The lowest BCUT2D eigenvalue weighted by atomic mass is 10.1. The molecule has 1 heterocycles. The van der Waals surface area contributed by atoms with Crippen LogP contribution in [0.3, 0.4) is 0 Å². The Labute approximate surface area is 115 Å². The van der Waals surface area contributed by atoms with Crippen LogP contribution in [0.15, 0.2) is 53.1 Å². The summed E-state index contributed by atoms with van der Waals surface area (Å²) in [6, 6.07) is 11.2. The van der Waals surface area contributed by atoms with E-state index in [9.17, 15) is 8.78 Å². The third-order valence-electron chi connectivity index (χ3n) is 3.20. The second kappa shape index (κ2) is 5.43. The van der Waals surface area contributed by atoms with Gasteiger partial charge in [-0.2, -0.15) is 0 Å². The van der Waals surface area contributed by atoms with E-state index < -0.39 is 11.6 Å². The van der Waals surface area contributed by atoms with Crippen LogP contribution in [0.4, 0.5) is 8.78 Å². The van der Waals surface area contributed by atoms with Crippen LogP contribution in [0.25, 0.3) is 11.0 Å². The van der Waals surface area contributed by atoms with Crippen molar-refractivity contribution in [1.29, 1.82) is 0 Å². The van der Waals surface area contributed by atoms with Crippen molar-refractivity contribution in [3.05, 3.63) is 71.5 Å². The maximum absolute atomic E-state index is 13.5. The predicted octanol–water partition coefficient (Wildman–Crippen LogP) is 4.00. The van der Waals surface area contributed by atoms with E-state index in [1.807, 2.05) is 24.3 Å².